The monoisotopic (exact) mass is 307 g/mol. The molecule has 1 aromatic carbocycles. The topological polar surface area (TPSA) is 43.8 Å². The largest absolute Gasteiger partial charge is 0.326 e. The predicted molar refractivity (Wildman–Crippen MR) is 77.5 cm³/mol. The van der Waals surface area contributed by atoms with Crippen molar-refractivity contribution >= 4 is 15.9 Å². The maximum Gasteiger partial charge on any atom is 0.106 e. The van der Waals surface area contributed by atoms with E-state index in [-0.39, 0.29) is 12.1 Å². The van der Waals surface area contributed by atoms with Gasteiger partial charge in [0.1, 0.15) is 5.82 Å². The van der Waals surface area contributed by atoms with Gasteiger partial charge in [-0.05, 0) is 31.0 Å². The summed E-state index contributed by atoms with van der Waals surface area (Å²) in [6.07, 6.45) is 4.75. The van der Waals surface area contributed by atoms with E-state index in [1.165, 1.54) is 5.56 Å². The zero-order valence-corrected chi connectivity index (χ0v) is 12.3. The molecule has 18 heavy (non-hydrogen) atoms. The molecule has 0 aliphatic carbocycles. The van der Waals surface area contributed by atoms with Crippen molar-refractivity contribution in [1.29, 1.82) is 0 Å². The normalized spacial score (nSPS) is 14.4. The van der Waals surface area contributed by atoms with E-state index in [9.17, 15) is 0 Å². The number of rotatable bonds is 4. The van der Waals surface area contributed by atoms with Crippen molar-refractivity contribution in [1.82, 2.24) is 9.55 Å². The Hall–Kier alpha value is -1.13. The average molecular weight is 308 g/mol. The maximum atomic E-state index is 6.29. The van der Waals surface area contributed by atoms with Crippen LogP contribution in [0, 0.1) is 6.92 Å². The van der Waals surface area contributed by atoms with Crippen LogP contribution in [0.3, 0.4) is 0 Å². The molecule has 3 nitrogen and oxygen atoms in total. The minimum atomic E-state index is 0.0825. The van der Waals surface area contributed by atoms with Gasteiger partial charge in [0.05, 0.1) is 6.04 Å². The molecule has 0 aliphatic rings. The summed E-state index contributed by atoms with van der Waals surface area (Å²) < 4.78 is 3.23. The van der Waals surface area contributed by atoms with Crippen molar-refractivity contribution in [3.63, 3.8) is 0 Å². The van der Waals surface area contributed by atoms with Crippen LogP contribution in [0.5, 0.6) is 0 Å². The first kappa shape index (κ1) is 13.3. The summed E-state index contributed by atoms with van der Waals surface area (Å²) in [7, 11) is 0. The number of benzene rings is 1. The number of hydrogen-bond donors (Lipinski definition) is 1. The van der Waals surface area contributed by atoms with Gasteiger partial charge in [-0.2, -0.15) is 0 Å². The number of nitrogens with zero attached hydrogens (tertiary/aromatic N) is 2. The van der Waals surface area contributed by atoms with Gasteiger partial charge in [0.15, 0.2) is 0 Å². The molecule has 1 aromatic heterocycles. The van der Waals surface area contributed by atoms with Crippen molar-refractivity contribution in [3.05, 3.63) is 52.5 Å². The number of halogens is 1. The maximum absolute atomic E-state index is 6.29. The Morgan fingerprint density at radius 1 is 1.33 bits per heavy atom. The van der Waals surface area contributed by atoms with Crippen LogP contribution < -0.4 is 5.73 Å². The molecule has 2 unspecified atom stereocenters. The third-order valence-electron chi connectivity index (χ3n) is 3.25. The minimum absolute atomic E-state index is 0.0825. The van der Waals surface area contributed by atoms with E-state index in [2.05, 4.69) is 56.7 Å². The van der Waals surface area contributed by atoms with Crippen molar-refractivity contribution in [2.75, 3.05) is 0 Å². The second-order valence-electron chi connectivity index (χ2n) is 4.45. The third kappa shape index (κ3) is 2.65. The lowest BCUT2D eigenvalue weighted by molar-refractivity contribution is 0.451. The zero-order valence-electron chi connectivity index (χ0n) is 10.7. The van der Waals surface area contributed by atoms with Crippen LogP contribution in [0.15, 0.2) is 41.1 Å². The van der Waals surface area contributed by atoms with Crippen LogP contribution in [0.25, 0.3) is 0 Å². The molecule has 0 saturated heterocycles. The lowest BCUT2D eigenvalue weighted by Crippen LogP contribution is -2.32. The van der Waals surface area contributed by atoms with E-state index >= 15 is 0 Å². The smallest absolute Gasteiger partial charge is 0.106 e. The van der Waals surface area contributed by atoms with Crippen LogP contribution in [0.1, 0.15) is 30.8 Å². The van der Waals surface area contributed by atoms with Crippen LogP contribution in [0.4, 0.5) is 0 Å². The Labute approximate surface area is 116 Å². The Balaban J connectivity index is 2.43. The summed E-state index contributed by atoms with van der Waals surface area (Å²) in [6.45, 7) is 4.12. The highest BCUT2D eigenvalue weighted by atomic mass is 79.9. The zero-order chi connectivity index (χ0) is 13.1. The first-order valence-electron chi connectivity index (χ1n) is 6.14. The summed E-state index contributed by atoms with van der Waals surface area (Å²) in [5.41, 5.74) is 7.50. The predicted octanol–water partition coefficient (Wildman–Crippen LogP) is 3.28. The van der Waals surface area contributed by atoms with E-state index in [0.717, 1.165) is 16.7 Å². The van der Waals surface area contributed by atoms with Gasteiger partial charge in [-0.15, -0.1) is 0 Å². The average Bonchev–Trinajstić information content (AvgIpc) is 2.78. The molecule has 0 aliphatic heterocycles. The summed E-state index contributed by atoms with van der Waals surface area (Å²) in [6, 6.07) is 8.56. The molecule has 2 rings (SSSR count). The Bertz CT molecular complexity index is 504. The fraction of sp³-hybridized carbons (Fsp3) is 0.357. The SMILES string of the molecule is CCC(N)C(c1ccc(Br)cc1)n1ccnc1C. The van der Waals surface area contributed by atoms with Gasteiger partial charge in [-0.25, -0.2) is 4.98 Å². The van der Waals surface area contributed by atoms with E-state index < -0.39 is 0 Å². The Morgan fingerprint density at radius 2 is 2.00 bits per heavy atom. The van der Waals surface area contributed by atoms with Gasteiger partial charge in [-0.3, -0.25) is 0 Å². The number of nitrogens with two attached hydrogens (primary N) is 1. The van der Waals surface area contributed by atoms with Crippen molar-refractivity contribution < 1.29 is 0 Å². The fourth-order valence-electron chi connectivity index (χ4n) is 2.18. The molecule has 0 bridgehead atoms. The van der Waals surface area contributed by atoms with Crippen LogP contribution in [-0.4, -0.2) is 15.6 Å². The highest BCUT2D eigenvalue weighted by Crippen LogP contribution is 2.25. The van der Waals surface area contributed by atoms with Gasteiger partial charge < -0.3 is 10.3 Å². The van der Waals surface area contributed by atoms with Gasteiger partial charge in [-0.1, -0.05) is 35.0 Å². The van der Waals surface area contributed by atoms with Gasteiger partial charge in [0.25, 0.3) is 0 Å². The first-order chi connectivity index (χ1) is 8.63. The Kier molecular flexibility index (Phi) is 4.19. The molecule has 0 spiro atoms. The molecule has 2 atom stereocenters. The lowest BCUT2D eigenvalue weighted by Gasteiger charge is -2.26. The fourth-order valence-corrected chi connectivity index (χ4v) is 2.44. The van der Waals surface area contributed by atoms with E-state index in [0.29, 0.717) is 0 Å². The summed E-state index contributed by atoms with van der Waals surface area (Å²) in [5, 5.41) is 0. The summed E-state index contributed by atoms with van der Waals surface area (Å²) in [4.78, 5) is 4.30. The Morgan fingerprint density at radius 3 is 2.50 bits per heavy atom. The van der Waals surface area contributed by atoms with E-state index in [4.69, 9.17) is 5.73 Å². The molecule has 2 N–H and O–H groups in total. The van der Waals surface area contributed by atoms with Crippen molar-refractivity contribution in [3.8, 4) is 0 Å². The third-order valence-corrected chi connectivity index (χ3v) is 3.78. The molecular weight excluding hydrogens is 290 g/mol. The second kappa shape index (κ2) is 5.67. The van der Waals surface area contributed by atoms with Crippen molar-refractivity contribution in [2.45, 2.75) is 32.4 Å². The highest BCUT2D eigenvalue weighted by molar-refractivity contribution is 9.10. The van der Waals surface area contributed by atoms with Crippen LogP contribution in [0.2, 0.25) is 0 Å². The molecule has 1 heterocycles. The number of hydrogen-bond acceptors (Lipinski definition) is 2. The molecule has 4 heteroatoms. The molecular formula is C14H18BrN3. The molecule has 2 aromatic rings. The number of aryl methyl sites for hydroxylation is 1. The molecule has 0 saturated carbocycles. The van der Waals surface area contributed by atoms with E-state index in [1.54, 1.807) is 0 Å². The quantitative estimate of drug-likeness (QED) is 0.942. The first-order valence-corrected chi connectivity index (χ1v) is 6.93. The molecule has 0 amide bonds. The number of aromatic nitrogens is 2. The highest BCUT2D eigenvalue weighted by Gasteiger charge is 2.21. The minimum Gasteiger partial charge on any atom is -0.326 e. The van der Waals surface area contributed by atoms with Gasteiger partial charge in [0, 0.05) is 22.9 Å². The molecule has 0 radical (unpaired) electrons. The summed E-state index contributed by atoms with van der Waals surface area (Å²) >= 11 is 3.46. The van der Waals surface area contributed by atoms with Gasteiger partial charge >= 0.3 is 0 Å². The molecule has 96 valence electrons. The van der Waals surface area contributed by atoms with Gasteiger partial charge in [0.2, 0.25) is 0 Å². The lowest BCUT2D eigenvalue weighted by atomic mass is 9.98. The summed E-state index contributed by atoms with van der Waals surface area (Å²) in [5.74, 6) is 0.992. The standard InChI is InChI=1S/C14H18BrN3/c1-3-13(16)14(18-9-8-17-10(18)2)11-4-6-12(15)7-5-11/h4-9,13-14H,3,16H2,1-2H3. The number of imidazole rings is 1. The van der Waals surface area contributed by atoms with Crippen LogP contribution >= 0.6 is 15.9 Å². The van der Waals surface area contributed by atoms with Crippen LogP contribution in [-0.2, 0) is 0 Å². The van der Waals surface area contributed by atoms with E-state index in [1.807, 2.05) is 19.3 Å². The second-order valence-corrected chi connectivity index (χ2v) is 5.37. The van der Waals surface area contributed by atoms with Crippen molar-refractivity contribution in [2.24, 2.45) is 5.73 Å². The molecule has 0 fully saturated rings.